The van der Waals surface area contributed by atoms with Crippen LogP contribution in [0.4, 0.5) is 0 Å². The highest BCUT2D eigenvalue weighted by Crippen LogP contribution is 2.00. The molecule has 0 saturated carbocycles. The van der Waals surface area contributed by atoms with E-state index in [9.17, 15) is 0 Å². The molecule has 0 atom stereocenters. The Morgan fingerprint density at radius 1 is 1.82 bits per heavy atom. The zero-order valence-corrected chi connectivity index (χ0v) is 7.83. The van der Waals surface area contributed by atoms with Gasteiger partial charge in [0.25, 0.3) is 0 Å². The molecule has 0 amide bonds. The summed E-state index contributed by atoms with van der Waals surface area (Å²) in [6, 6.07) is 0. The predicted octanol–water partition coefficient (Wildman–Crippen LogP) is 0.359. The molecule has 0 aromatic heterocycles. The van der Waals surface area contributed by atoms with Gasteiger partial charge in [-0.25, -0.2) is 0 Å². The van der Waals surface area contributed by atoms with Crippen LogP contribution in [0.5, 0.6) is 0 Å². The zero-order chi connectivity index (χ0) is 8.69. The third-order valence-corrected chi connectivity index (χ3v) is 1.99. The predicted molar refractivity (Wildman–Crippen MR) is 53.2 cm³/mol. The summed E-state index contributed by atoms with van der Waals surface area (Å²) in [5, 5.41) is 10.7. The summed E-state index contributed by atoms with van der Waals surface area (Å²) in [6.07, 6.45) is 0. The second-order valence-corrected chi connectivity index (χ2v) is 3.27. The van der Waals surface area contributed by atoms with Crippen molar-refractivity contribution in [3.05, 3.63) is 12.0 Å². The molecule has 0 aromatic carbocycles. The molecule has 5 heteroatoms. The van der Waals surface area contributed by atoms with Crippen molar-refractivity contribution in [3.8, 4) is 0 Å². The van der Waals surface area contributed by atoms with Gasteiger partial charge in [-0.15, -0.1) is 11.8 Å². The minimum atomic E-state index is -0.118. The van der Waals surface area contributed by atoms with Crippen LogP contribution in [0.15, 0.2) is 12.0 Å². The second kappa shape index (κ2) is 6.45. The van der Waals surface area contributed by atoms with Crippen molar-refractivity contribution in [2.75, 3.05) is 19.0 Å². The molecule has 3 nitrogen and oxygen atoms in total. The molecule has 0 spiro atoms. The summed E-state index contributed by atoms with van der Waals surface area (Å²) >= 11 is 6.24. The number of thiocarbonyl (C=S) groups is 1. The number of thioether (sulfide) groups is 1. The van der Waals surface area contributed by atoms with Gasteiger partial charge >= 0.3 is 0 Å². The van der Waals surface area contributed by atoms with Crippen molar-refractivity contribution < 1.29 is 5.11 Å². The van der Waals surface area contributed by atoms with Crippen LogP contribution in [0.25, 0.3) is 0 Å². The van der Waals surface area contributed by atoms with Crippen molar-refractivity contribution in [1.29, 1.82) is 0 Å². The highest BCUT2D eigenvalue weighted by atomic mass is 32.2. The molecule has 0 radical (unpaired) electrons. The average molecular weight is 192 g/mol. The van der Waals surface area contributed by atoms with Gasteiger partial charge in [0.15, 0.2) is 5.11 Å². The third kappa shape index (κ3) is 5.06. The molecule has 0 aliphatic rings. The summed E-state index contributed by atoms with van der Waals surface area (Å²) in [5.41, 5.74) is 5.29. The molecule has 0 bridgehead atoms. The molecule has 0 aliphatic heterocycles. The van der Waals surface area contributed by atoms with Gasteiger partial charge in [0.2, 0.25) is 0 Å². The maximum atomic E-state index is 8.72. The van der Waals surface area contributed by atoms with E-state index >= 15 is 0 Å². The number of aliphatic hydroxyl groups excluding tert-OH is 1. The Morgan fingerprint density at radius 3 is 2.82 bits per heavy atom. The molecule has 0 fully saturated rings. The third-order valence-electron chi connectivity index (χ3n) is 1.08. The normalized spacial score (nSPS) is 9.18. The molecule has 0 aliphatic carbocycles. The number of nitrogens with zero attached hydrogens (tertiary/aromatic N) is 1. The van der Waals surface area contributed by atoms with Crippen LogP contribution < -0.4 is 5.73 Å². The lowest BCUT2D eigenvalue weighted by atomic mass is 10.6. The van der Waals surface area contributed by atoms with Crippen LogP contribution >= 0.6 is 24.0 Å². The van der Waals surface area contributed by atoms with Crippen molar-refractivity contribution >= 4 is 29.1 Å². The first-order valence-electron chi connectivity index (χ1n) is 3.10. The van der Waals surface area contributed by atoms with Gasteiger partial charge in [-0.05, 0) is 17.6 Å². The van der Waals surface area contributed by atoms with Crippen molar-refractivity contribution in [2.24, 2.45) is 5.73 Å². The lowest BCUT2D eigenvalue weighted by Crippen LogP contribution is -2.37. The summed E-state index contributed by atoms with van der Waals surface area (Å²) in [5.74, 6) is 0.835. The zero-order valence-electron chi connectivity index (χ0n) is 6.19. The van der Waals surface area contributed by atoms with E-state index in [1.807, 2.05) is 0 Å². The van der Waals surface area contributed by atoms with E-state index < -0.39 is 0 Å². The van der Waals surface area contributed by atoms with Gasteiger partial charge in [0.1, 0.15) is 6.73 Å². The molecule has 0 saturated heterocycles. The molecule has 0 aromatic rings. The van der Waals surface area contributed by atoms with Crippen molar-refractivity contribution in [1.82, 2.24) is 4.90 Å². The largest absolute Gasteiger partial charge is 0.376 e. The number of hydrogen-bond donors (Lipinski definition) is 2. The highest BCUT2D eigenvalue weighted by Gasteiger charge is 2.01. The lowest BCUT2D eigenvalue weighted by molar-refractivity contribution is 0.177. The van der Waals surface area contributed by atoms with E-state index in [0.29, 0.717) is 6.54 Å². The minimum absolute atomic E-state index is 0.118. The highest BCUT2D eigenvalue weighted by molar-refractivity contribution is 8.02. The SMILES string of the molecule is C=CSCCN(CO)C(N)=S. The molecule has 0 unspecified atom stereocenters. The number of aliphatic hydroxyl groups is 1. The van der Waals surface area contributed by atoms with Crippen LogP contribution in [0.1, 0.15) is 0 Å². The van der Waals surface area contributed by atoms with Crippen molar-refractivity contribution in [2.45, 2.75) is 0 Å². The molecular weight excluding hydrogens is 180 g/mol. The number of rotatable bonds is 5. The van der Waals surface area contributed by atoms with Crippen LogP contribution in [-0.4, -0.2) is 34.1 Å². The second-order valence-electron chi connectivity index (χ2n) is 1.78. The maximum Gasteiger partial charge on any atom is 0.168 e. The summed E-state index contributed by atoms with van der Waals surface area (Å²) < 4.78 is 0. The van der Waals surface area contributed by atoms with E-state index in [4.69, 9.17) is 10.8 Å². The molecule has 3 N–H and O–H groups in total. The monoisotopic (exact) mass is 192 g/mol. The minimum Gasteiger partial charge on any atom is -0.376 e. The average Bonchev–Trinajstić information content (AvgIpc) is 1.97. The van der Waals surface area contributed by atoms with Crippen molar-refractivity contribution in [3.63, 3.8) is 0 Å². The Morgan fingerprint density at radius 2 is 2.45 bits per heavy atom. The number of nitrogens with two attached hydrogens (primary N) is 1. The van der Waals surface area contributed by atoms with Gasteiger partial charge in [0.05, 0.1) is 0 Å². The van der Waals surface area contributed by atoms with E-state index in [0.717, 1.165) is 5.75 Å². The summed E-state index contributed by atoms with van der Waals surface area (Å²) in [7, 11) is 0. The summed E-state index contributed by atoms with van der Waals surface area (Å²) in [4.78, 5) is 1.52. The maximum absolute atomic E-state index is 8.72. The molecular formula is C6H12N2OS2. The lowest BCUT2D eigenvalue weighted by Gasteiger charge is -2.18. The quantitative estimate of drug-likeness (QED) is 0.374. The Bertz CT molecular complexity index is 141. The Kier molecular flexibility index (Phi) is 6.30. The molecule has 11 heavy (non-hydrogen) atoms. The molecule has 0 heterocycles. The topological polar surface area (TPSA) is 49.5 Å². The summed E-state index contributed by atoms with van der Waals surface area (Å²) in [6.45, 7) is 4.08. The number of hydrogen-bond acceptors (Lipinski definition) is 3. The van der Waals surface area contributed by atoms with E-state index in [1.165, 1.54) is 4.90 Å². The Labute approximate surface area is 76.3 Å². The first kappa shape index (κ1) is 10.7. The van der Waals surface area contributed by atoms with Crippen LogP contribution in [-0.2, 0) is 0 Å². The smallest absolute Gasteiger partial charge is 0.168 e. The molecule has 0 rings (SSSR count). The van der Waals surface area contributed by atoms with Gasteiger partial charge < -0.3 is 15.7 Å². The first-order chi connectivity index (χ1) is 5.22. The first-order valence-corrected chi connectivity index (χ1v) is 4.55. The van der Waals surface area contributed by atoms with E-state index in [-0.39, 0.29) is 11.8 Å². The Hall–Kier alpha value is -0.260. The van der Waals surface area contributed by atoms with Gasteiger partial charge in [-0.2, -0.15) is 0 Å². The molecule has 64 valence electrons. The fourth-order valence-corrected chi connectivity index (χ4v) is 1.14. The fourth-order valence-electron chi connectivity index (χ4n) is 0.497. The van der Waals surface area contributed by atoms with Crippen LogP contribution in [0, 0.1) is 0 Å². The van der Waals surface area contributed by atoms with Crippen LogP contribution in [0.3, 0.4) is 0 Å². The van der Waals surface area contributed by atoms with Crippen LogP contribution in [0.2, 0.25) is 0 Å². The van der Waals surface area contributed by atoms with Gasteiger partial charge in [-0.3, -0.25) is 0 Å². The van der Waals surface area contributed by atoms with E-state index in [2.05, 4.69) is 18.8 Å². The Balaban J connectivity index is 3.52. The standard InChI is InChI=1S/C6H12N2OS2/c1-2-11-4-3-8(5-9)6(7)10/h2,9H,1,3-5H2,(H2,7,10). The van der Waals surface area contributed by atoms with Gasteiger partial charge in [-0.1, -0.05) is 6.58 Å². The van der Waals surface area contributed by atoms with E-state index in [1.54, 1.807) is 17.2 Å². The van der Waals surface area contributed by atoms with Gasteiger partial charge in [0, 0.05) is 12.3 Å². The fraction of sp³-hybridized carbons (Fsp3) is 0.500.